The van der Waals surface area contributed by atoms with Gasteiger partial charge in [-0.05, 0) is 36.2 Å². The first-order valence-corrected chi connectivity index (χ1v) is 11.4. The van der Waals surface area contributed by atoms with E-state index in [1.54, 1.807) is 37.3 Å². The SMILES string of the molecule is Cc1c(Cc2cccc(NS(C)(=O)=O)c2)c(=O)oc2cc(OC(=O)N(C)C)c(Cl)cc12. The molecule has 1 aromatic heterocycles. The highest BCUT2D eigenvalue weighted by Gasteiger charge is 2.17. The van der Waals surface area contributed by atoms with Crippen LogP contribution in [0.5, 0.6) is 5.75 Å². The van der Waals surface area contributed by atoms with Crippen molar-refractivity contribution in [2.45, 2.75) is 13.3 Å². The number of benzene rings is 2. The standard InChI is InChI=1S/C21H21ClN2O6S/c1-12-15-10-17(22)19(30-21(26)24(2)3)11-18(15)29-20(25)16(12)9-13-6-5-7-14(8-13)23-31(4,27)28/h5-8,10-11,23H,9H2,1-4H3. The molecule has 1 amide bonds. The zero-order chi connectivity index (χ0) is 22.9. The summed E-state index contributed by atoms with van der Waals surface area (Å²) in [5.74, 6) is 0.0858. The molecule has 164 valence electrons. The third-order valence-electron chi connectivity index (χ3n) is 4.51. The third-order valence-corrected chi connectivity index (χ3v) is 5.42. The molecular weight excluding hydrogens is 444 g/mol. The summed E-state index contributed by atoms with van der Waals surface area (Å²) in [4.78, 5) is 25.7. The number of ether oxygens (including phenoxy) is 1. The molecule has 0 saturated carbocycles. The zero-order valence-electron chi connectivity index (χ0n) is 17.4. The number of aryl methyl sites for hydroxylation is 1. The van der Waals surface area contributed by atoms with Crippen LogP contribution in [0.25, 0.3) is 11.0 Å². The van der Waals surface area contributed by atoms with Crippen LogP contribution in [0.1, 0.15) is 16.7 Å². The second-order valence-corrected chi connectivity index (χ2v) is 9.44. The van der Waals surface area contributed by atoms with Gasteiger partial charge in [0.1, 0.15) is 5.58 Å². The Labute approximate surface area is 184 Å². The maximum Gasteiger partial charge on any atom is 0.414 e. The summed E-state index contributed by atoms with van der Waals surface area (Å²) in [5, 5.41) is 0.805. The van der Waals surface area contributed by atoms with Crippen molar-refractivity contribution in [2.75, 3.05) is 25.1 Å². The van der Waals surface area contributed by atoms with Gasteiger partial charge in [-0.25, -0.2) is 18.0 Å². The molecule has 0 atom stereocenters. The number of sulfonamides is 1. The van der Waals surface area contributed by atoms with Gasteiger partial charge in [0.15, 0.2) is 5.75 Å². The molecular formula is C21H21ClN2O6S. The number of amides is 1. The smallest absolute Gasteiger partial charge is 0.414 e. The van der Waals surface area contributed by atoms with Gasteiger partial charge in [-0.1, -0.05) is 23.7 Å². The molecule has 0 aliphatic rings. The van der Waals surface area contributed by atoms with Gasteiger partial charge in [-0.2, -0.15) is 0 Å². The van der Waals surface area contributed by atoms with E-state index in [2.05, 4.69) is 4.72 Å². The van der Waals surface area contributed by atoms with Crippen molar-refractivity contribution in [3.05, 3.63) is 68.5 Å². The molecule has 8 nitrogen and oxygen atoms in total. The predicted octanol–water partition coefficient (Wildman–Crippen LogP) is 3.78. The lowest BCUT2D eigenvalue weighted by molar-refractivity contribution is 0.172. The number of nitrogens with zero attached hydrogens (tertiary/aromatic N) is 1. The maximum atomic E-state index is 12.7. The summed E-state index contributed by atoms with van der Waals surface area (Å²) in [6, 6.07) is 9.75. The van der Waals surface area contributed by atoms with E-state index >= 15 is 0 Å². The molecule has 0 unspecified atom stereocenters. The largest absolute Gasteiger partial charge is 0.422 e. The number of anilines is 1. The molecule has 0 aliphatic carbocycles. The normalized spacial score (nSPS) is 11.4. The van der Waals surface area contributed by atoms with Crippen LogP contribution >= 0.6 is 11.6 Å². The Bertz CT molecular complexity index is 1330. The fraction of sp³-hybridized carbons (Fsp3) is 0.238. The fourth-order valence-electron chi connectivity index (χ4n) is 3.02. The number of carbonyl (C=O) groups is 1. The number of halogens is 1. The molecule has 1 N–H and O–H groups in total. The molecule has 0 spiro atoms. The average Bonchev–Trinajstić information content (AvgIpc) is 2.65. The van der Waals surface area contributed by atoms with Crippen molar-refractivity contribution in [1.82, 2.24) is 4.90 Å². The van der Waals surface area contributed by atoms with Crippen molar-refractivity contribution in [2.24, 2.45) is 0 Å². The second-order valence-electron chi connectivity index (χ2n) is 7.29. The van der Waals surface area contributed by atoms with Crippen molar-refractivity contribution >= 4 is 44.4 Å². The predicted molar refractivity (Wildman–Crippen MR) is 120 cm³/mol. The summed E-state index contributed by atoms with van der Waals surface area (Å²) in [6.07, 6.45) is 0.688. The average molecular weight is 465 g/mol. The van der Waals surface area contributed by atoms with Crippen LogP contribution < -0.4 is 15.1 Å². The van der Waals surface area contributed by atoms with Gasteiger partial charge in [0, 0.05) is 43.2 Å². The highest BCUT2D eigenvalue weighted by molar-refractivity contribution is 7.92. The van der Waals surface area contributed by atoms with Crippen molar-refractivity contribution < 1.29 is 22.4 Å². The zero-order valence-corrected chi connectivity index (χ0v) is 18.9. The van der Waals surface area contributed by atoms with Crippen molar-refractivity contribution in [3.63, 3.8) is 0 Å². The number of rotatable bonds is 5. The second kappa shape index (κ2) is 8.60. The lowest BCUT2D eigenvalue weighted by atomic mass is 9.99. The van der Waals surface area contributed by atoms with E-state index in [9.17, 15) is 18.0 Å². The lowest BCUT2D eigenvalue weighted by Gasteiger charge is -2.13. The Morgan fingerprint density at radius 1 is 1.23 bits per heavy atom. The van der Waals surface area contributed by atoms with Gasteiger partial charge in [0.2, 0.25) is 10.0 Å². The van der Waals surface area contributed by atoms with E-state index in [-0.39, 0.29) is 22.8 Å². The minimum atomic E-state index is -3.42. The molecule has 0 radical (unpaired) electrons. The van der Waals surface area contributed by atoms with E-state index < -0.39 is 21.7 Å². The van der Waals surface area contributed by atoms with E-state index in [0.717, 1.165) is 11.8 Å². The first-order chi connectivity index (χ1) is 14.4. The molecule has 3 rings (SSSR count). The fourth-order valence-corrected chi connectivity index (χ4v) is 3.78. The van der Waals surface area contributed by atoms with E-state index in [0.29, 0.717) is 22.2 Å². The van der Waals surface area contributed by atoms with Gasteiger partial charge in [0.25, 0.3) is 0 Å². The topological polar surface area (TPSA) is 106 Å². The Kier molecular flexibility index (Phi) is 6.28. The van der Waals surface area contributed by atoms with Gasteiger partial charge < -0.3 is 14.1 Å². The van der Waals surface area contributed by atoms with E-state index in [4.69, 9.17) is 20.8 Å². The van der Waals surface area contributed by atoms with Gasteiger partial charge in [-0.3, -0.25) is 4.72 Å². The first-order valence-electron chi connectivity index (χ1n) is 9.16. The lowest BCUT2D eigenvalue weighted by Crippen LogP contribution is -2.25. The molecule has 1 heterocycles. The highest BCUT2D eigenvalue weighted by Crippen LogP contribution is 2.32. The summed E-state index contributed by atoms with van der Waals surface area (Å²) in [7, 11) is -0.347. The van der Waals surface area contributed by atoms with Crippen LogP contribution in [-0.4, -0.2) is 39.8 Å². The summed E-state index contributed by atoms with van der Waals surface area (Å²) >= 11 is 6.28. The summed E-state index contributed by atoms with van der Waals surface area (Å²) < 4.78 is 36.0. The molecule has 3 aromatic rings. The summed E-state index contributed by atoms with van der Waals surface area (Å²) in [5.41, 5.74) is 1.91. The van der Waals surface area contributed by atoms with Crippen LogP contribution in [-0.2, 0) is 16.4 Å². The van der Waals surface area contributed by atoms with E-state index in [1.807, 2.05) is 0 Å². The number of carbonyl (C=O) groups excluding carboxylic acids is 1. The quantitative estimate of drug-likeness (QED) is 0.576. The molecule has 2 aromatic carbocycles. The van der Waals surface area contributed by atoms with Crippen molar-refractivity contribution in [3.8, 4) is 5.75 Å². The summed E-state index contributed by atoms with van der Waals surface area (Å²) in [6.45, 7) is 1.77. The van der Waals surface area contributed by atoms with Gasteiger partial charge in [-0.15, -0.1) is 0 Å². The molecule has 10 heteroatoms. The first kappa shape index (κ1) is 22.6. The van der Waals surface area contributed by atoms with Crippen LogP contribution in [0.3, 0.4) is 0 Å². The van der Waals surface area contributed by atoms with Gasteiger partial charge in [0.05, 0.1) is 11.3 Å². The Balaban J connectivity index is 2.00. The van der Waals surface area contributed by atoms with Crippen molar-refractivity contribution in [1.29, 1.82) is 0 Å². The molecule has 0 saturated heterocycles. The Morgan fingerprint density at radius 2 is 1.94 bits per heavy atom. The highest BCUT2D eigenvalue weighted by atomic mass is 35.5. The molecule has 0 bridgehead atoms. The van der Waals surface area contributed by atoms with Crippen LogP contribution in [0.2, 0.25) is 5.02 Å². The van der Waals surface area contributed by atoms with E-state index in [1.165, 1.54) is 25.1 Å². The number of fused-ring (bicyclic) bond motifs is 1. The number of hydrogen-bond acceptors (Lipinski definition) is 6. The minimum Gasteiger partial charge on any atom is -0.422 e. The van der Waals surface area contributed by atoms with Crippen LogP contribution in [0.15, 0.2) is 45.6 Å². The third kappa shape index (κ3) is 5.36. The van der Waals surface area contributed by atoms with Crippen LogP contribution in [0, 0.1) is 6.92 Å². The molecule has 31 heavy (non-hydrogen) atoms. The molecule has 0 fully saturated rings. The maximum absolute atomic E-state index is 12.7. The number of nitrogens with one attached hydrogen (secondary N) is 1. The molecule has 0 aliphatic heterocycles. The Hall–Kier alpha value is -3.04. The monoisotopic (exact) mass is 464 g/mol. The Morgan fingerprint density at radius 3 is 2.58 bits per heavy atom. The minimum absolute atomic E-state index is 0.0858. The van der Waals surface area contributed by atoms with Gasteiger partial charge >= 0.3 is 11.7 Å². The number of hydrogen-bond donors (Lipinski definition) is 1. The van der Waals surface area contributed by atoms with Crippen LogP contribution in [0.4, 0.5) is 10.5 Å².